The number of hydrogen-bond donors (Lipinski definition) is 1. The Bertz CT molecular complexity index is 1110. The number of hydrogen-bond acceptors (Lipinski definition) is 5. The number of aromatic nitrogens is 4. The number of nitrogens with zero attached hydrogens (tertiary/aromatic N) is 3. The van der Waals surface area contributed by atoms with Crippen molar-refractivity contribution in [3.05, 3.63) is 76.6 Å². The number of methoxy groups -OCH3 is 1. The number of H-pyrrole nitrogens is 1. The lowest BCUT2D eigenvalue weighted by Crippen LogP contribution is -2.14. The van der Waals surface area contributed by atoms with Crippen molar-refractivity contribution in [1.82, 2.24) is 19.6 Å². The van der Waals surface area contributed by atoms with Crippen LogP contribution in [0.25, 0.3) is 17.0 Å². The maximum Gasteiger partial charge on any atom is 0.274 e. The predicted molar refractivity (Wildman–Crippen MR) is 102 cm³/mol. The van der Waals surface area contributed by atoms with Crippen LogP contribution in [0.3, 0.4) is 0 Å². The Hall–Kier alpha value is -3.06. The first-order valence-corrected chi connectivity index (χ1v) is 9.02. The minimum Gasteiger partial charge on any atom is -0.497 e. The maximum atomic E-state index is 12.4. The molecule has 2 heterocycles. The van der Waals surface area contributed by atoms with Gasteiger partial charge in [-0.25, -0.2) is 4.98 Å². The van der Waals surface area contributed by atoms with Crippen molar-refractivity contribution in [3.63, 3.8) is 0 Å². The summed E-state index contributed by atoms with van der Waals surface area (Å²) in [5.74, 6) is 1.83. The molecule has 0 saturated carbocycles. The highest BCUT2D eigenvalue weighted by atomic mass is 32.2. The molecule has 0 radical (unpaired) electrons. The average Bonchev–Trinajstić information content (AvgIpc) is 3.11. The largest absolute Gasteiger partial charge is 0.497 e. The van der Waals surface area contributed by atoms with Crippen LogP contribution in [0.2, 0.25) is 0 Å². The van der Waals surface area contributed by atoms with Crippen LogP contribution >= 0.6 is 11.8 Å². The summed E-state index contributed by atoms with van der Waals surface area (Å²) in [5.41, 5.74) is 2.37. The molecule has 130 valence electrons. The van der Waals surface area contributed by atoms with Crippen LogP contribution in [0.1, 0.15) is 5.56 Å². The van der Waals surface area contributed by atoms with E-state index in [1.54, 1.807) is 7.11 Å². The Morgan fingerprint density at radius 1 is 1.08 bits per heavy atom. The summed E-state index contributed by atoms with van der Waals surface area (Å²) in [7, 11) is 1.61. The van der Waals surface area contributed by atoms with Gasteiger partial charge in [-0.3, -0.25) is 9.89 Å². The van der Waals surface area contributed by atoms with Gasteiger partial charge >= 0.3 is 0 Å². The molecule has 0 amide bonds. The van der Waals surface area contributed by atoms with Gasteiger partial charge in [0.05, 0.1) is 12.8 Å². The third kappa shape index (κ3) is 3.34. The van der Waals surface area contributed by atoms with Gasteiger partial charge in [-0.05, 0) is 17.7 Å². The first kappa shape index (κ1) is 16.4. The van der Waals surface area contributed by atoms with E-state index in [0.717, 1.165) is 11.3 Å². The van der Waals surface area contributed by atoms with Crippen molar-refractivity contribution in [1.29, 1.82) is 0 Å². The molecule has 4 aromatic rings. The summed E-state index contributed by atoms with van der Waals surface area (Å²) in [6, 6.07) is 19.0. The molecule has 2 aromatic heterocycles. The van der Waals surface area contributed by atoms with Crippen LogP contribution in [0, 0.1) is 0 Å². The topological polar surface area (TPSA) is 72.3 Å². The monoisotopic (exact) mass is 364 g/mol. The van der Waals surface area contributed by atoms with Crippen LogP contribution in [0.15, 0.2) is 70.6 Å². The number of thioether (sulfide) groups is 1. The molecule has 0 bridgehead atoms. The van der Waals surface area contributed by atoms with Gasteiger partial charge in [-0.1, -0.05) is 54.2 Å². The molecular weight excluding hydrogens is 348 g/mol. The van der Waals surface area contributed by atoms with Crippen molar-refractivity contribution in [2.24, 2.45) is 0 Å². The Morgan fingerprint density at radius 2 is 1.92 bits per heavy atom. The van der Waals surface area contributed by atoms with Crippen LogP contribution in [0.5, 0.6) is 5.75 Å². The molecule has 4 rings (SSSR count). The number of aromatic amines is 1. The zero-order chi connectivity index (χ0) is 17.9. The molecule has 0 spiro atoms. The van der Waals surface area contributed by atoms with Crippen molar-refractivity contribution in [2.75, 3.05) is 7.11 Å². The number of nitrogens with one attached hydrogen (secondary N) is 1. The number of ether oxygens (including phenoxy) is 1. The van der Waals surface area contributed by atoms with E-state index in [1.165, 1.54) is 27.9 Å². The molecule has 6 nitrogen and oxygen atoms in total. The minimum absolute atomic E-state index is 0.202. The molecule has 0 saturated heterocycles. The molecular formula is C19H16N4O2S. The predicted octanol–water partition coefficient (Wildman–Crippen LogP) is 3.39. The molecule has 0 aliphatic heterocycles. The molecule has 0 fully saturated rings. The summed E-state index contributed by atoms with van der Waals surface area (Å²) in [6.45, 7) is 0. The zero-order valence-corrected chi connectivity index (χ0v) is 14.9. The second kappa shape index (κ2) is 7.05. The van der Waals surface area contributed by atoms with Gasteiger partial charge < -0.3 is 4.74 Å². The highest BCUT2D eigenvalue weighted by molar-refractivity contribution is 7.98. The molecule has 7 heteroatoms. The number of rotatable bonds is 5. The minimum atomic E-state index is -0.202. The Kier molecular flexibility index (Phi) is 4.45. The van der Waals surface area contributed by atoms with Gasteiger partial charge in [0.2, 0.25) is 0 Å². The maximum absolute atomic E-state index is 12.4. The van der Waals surface area contributed by atoms with Crippen LogP contribution in [0.4, 0.5) is 0 Å². The summed E-state index contributed by atoms with van der Waals surface area (Å²) >= 11 is 1.53. The van der Waals surface area contributed by atoms with E-state index in [4.69, 9.17) is 4.74 Å². The van der Waals surface area contributed by atoms with Gasteiger partial charge in [0.1, 0.15) is 5.75 Å². The summed E-state index contributed by atoms with van der Waals surface area (Å²) < 4.78 is 6.59. The first-order valence-electron chi connectivity index (χ1n) is 8.04. The molecule has 0 atom stereocenters. The van der Waals surface area contributed by atoms with Crippen LogP contribution in [-0.2, 0) is 5.75 Å². The second-order valence-corrected chi connectivity index (χ2v) is 6.61. The van der Waals surface area contributed by atoms with Gasteiger partial charge in [0, 0.05) is 17.4 Å². The molecule has 0 unspecified atom stereocenters. The fraction of sp³-hybridized carbons (Fsp3) is 0.105. The van der Waals surface area contributed by atoms with Crippen molar-refractivity contribution < 1.29 is 4.74 Å². The van der Waals surface area contributed by atoms with Crippen molar-refractivity contribution in [2.45, 2.75) is 10.9 Å². The third-order valence-corrected chi connectivity index (χ3v) is 4.83. The van der Waals surface area contributed by atoms with Gasteiger partial charge in [-0.2, -0.15) is 9.50 Å². The number of benzene rings is 2. The molecule has 26 heavy (non-hydrogen) atoms. The van der Waals surface area contributed by atoms with E-state index in [1.807, 2.05) is 42.5 Å². The Labute approximate surface area is 153 Å². The lowest BCUT2D eigenvalue weighted by molar-refractivity contribution is 0.415. The standard InChI is InChI=1S/C19H16N4O2S/c1-25-15-9-5-8-14(10-15)16-11-17(24)23-18(20-16)21-19(22-23)26-12-13-6-3-2-4-7-13/h2-11H,12H2,1H3,(H,20,21,22). The highest BCUT2D eigenvalue weighted by Gasteiger charge is 2.10. The van der Waals surface area contributed by atoms with Crippen molar-refractivity contribution >= 4 is 17.5 Å². The SMILES string of the molecule is COc1cccc(-c2cc(=O)n3[nH]c(SCc4ccccc4)nc3n2)c1. The van der Waals surface area contributed by atoms with E-state index in [0.29, 0.717) is 22.4 Å². The van der Waals surface area contributed by atoms with E-state index in [9.17, 15) is 4.79 Å². The molecule has 2 aromatic carbocycles. The summed E-state index contributed by atoms with van der Waals surface area (Å²) in [5, 5.41) is 3.66. The van der Waals surface area contributed by atoms with Gasteiger partial charge in [-0.15, -0.1) is 0 Å². The molecule has 0 aliphatic rings. The number of fused-ring (bicyclic) bond motifs is 1. The van der Waals surface area contributed by atoms with Gasteiger partial charge in [0.15, 0.2) is 5.16 Å². The summed E-state index contributed by atoms with van der Waals surface area (Å²) in [6.07, 6.45) is 0. The smallest absolute Gasteiger partial charge is 0.274 e. The normalized spacial score (nSPS) is 11.0. The van der Waals surface area contributed by atoms with Crippen LogP contribution < -0.4 is 10.3 Å². The fourth-order valence-corrected chi connectivity index (χ4v) is 3.38. The van der Waals surface area contributed by atoms with Crippen LogP contribution in [-0.4, -0.2) is 26.7 Å². The average molecular weight is 364 g/mol. The van der Waals surface area contributed by atoms with Gasteiger partial charge in [0.25, 0.3) is 11.3 Å². The van der Waals surface area contributed by atoms with E-state index < -0.39 is 0 Å². The zero-order valence-electron chi connectivity index (χ0n) is 14.0. The second-order valence-electron chi connectivity index (χ2n) is 5.65. The first-order chi connectivity index (χ1) is 12.7. The molecule has 0 aliphatic carbocycles. The Morgan fingerprint density at radius 3 is 2.73 bits per heavy atom. The highest BCUT2D eigenvalue weighted by Crippen LogP contribution is 2.23. The fourth-order valence-electron chi connectivity index (χ4n) is 2.58. The molecule has 1 N–H and O–H groups in total. The van der Waals surface area contributed by atoms with E-state index in [2.05, 4.69) is 27.2 Å². The lowest BCUT2D eigenvalue weighted by atomic mass is 10.1. The Balaban J connectivity index is 1.65. The van der Waals surface area contributed by atoms with Crippen molar-refractivity contribution in [3.8, 4) is 17.0 Å². The third-order valence-electron chi connectivity index (χ3n) is 3.89. The van der Waals surface area contributed by atoms with E-state index in [-0.39, 0.29) is 5.56 Å². The van der Waals surface area contributed by atoms with E-state index >= 15 is 0 Å². The lowest BCUT2D eigenvalue weighted by Gasteiger charge is -2.03. The quantitative estimate of drug-likeness (QED) is 0.550. The summed E-state index contributed by atoms with van der Waals surface area (Å²) in [4.78, 5) is 21.4.